The molecule has 1 aliphatic rings. The van der Waals surface area contributed by atoms with E-state index in [2.05, 4.69) is 34.6 Å². The van der Waals surface area contributed by atoms with Gasteiger partial charge in [0.15, 0.2) is 0 Å². The maximum absolute atomic E-state index is 12.7. The number of hydrogen-bond acceptors (Lipinski definition) is 8. The minimum absolute atomic E-state index is 0. The maximum atomic E-state index is 12.7. The molecule has 190 valence electrons. The number of aromatic nitrogens is 4. The van der Waals surface area contributed by atoms with Crippen LogP contribution in [0.15, 0.2) is 57.6 Å². The Hall–Kier alpha value is -3.65. The molecule has 2 aromatic carbocycles. The summed E-state index contributed by atoms with van der Waals surface area (Å²) in [4.78, 5) is 8.77. The van der Waals surface area contributed by atoms with E-state index in [9.17, 15) is 26.3 Å². The van der Waals surface area contributed by atoms with Crippen LogP contribution in [-0.4, -0.2) is 39.4 Å². The predicted molar refractivity (Wildman–Crippen MR) is 116 cm³/mol. The van der Waals surface area contributed by atoms with Gasteiger partial charge >= 0.3 is 24.1 Å². The van der Waals surface area contributed by atoms with Gasteiger partial charge in [-0.2, -0.15) is 36.3 Å². The average Bonchev–Trinajstić information content (AvgIpc) is 3.46. The van der Waals surface area contributed by atoms with E-state index in [1.165, 1.54) is 0 Å². The summed E-state index contributed by atoms with van der Waals surface area (Å²) >= 11 is 0. The van der Waals surface area contributed by atoms with Crippen LogP contribution in [0.4, 0.5) is 37.7 Å². The van der Waals surface area contributed by atoms with Gasteiger partial charge in [0, 0.05) is 35.6 Å². The van der Waals surface area contributed by atoms with E-state index in [0.29, 0.717) is 24.2 Å². The zero-order valence-electron chi connectivity index (χ0n) is 17.8. The van der Waals surface area contributed by atoms with Crippen molar-refractivity contribution in [2.45, 2.75) is 18.4 Å². The van der Waals surface area contributed by atoms with Gasteiger partial charge in [0.1, 0.15) is 0 Å². The van der Waals surface area contributed by atoms with Gasteiger partial charge in [-0.05, 0) is 48.5 Å². The first-order valence-corrected chi connectivity index (χ1v) is 10.1. The highest BCUT2D eigenvalue weighted by Crippen LogP contribution is 2.34. The van der Waals surface area contributed by atoms with Crippen molar-refractivity contribution in [2.24, 2.45) is 0 Å². The van der Waals surface area contributed by atoms with E-state index in [1.54, 1.807) is 48.5 Å². The fourth-order valence-corrected chi connectivity index (χ4v) is 3.48. The molecular weight excluding hydrogens is 518 g/mol. The number of halogens is 7. The first-order chi connectivity index (χ1) is 16.6. The van der Waals surface area contributed by atoms with Crippen LogP contribution < -0.4 is 10.2 Å². The third-order valence-electron chi connectivity index (χ3n) is 5.27. The Bertz CT molecular complexity index is 1220. The van der Waals surface area contributed by atoms with Crippen molar-refractivity contribution in [3.05, 3.63) is 60.3 Å². The van der Waals surface area contributed by atoms with E-state index in [-0.39, 0.29) is 30.1 Å². The Morgan fingerprint density at radius 3 is 1.36 bits per heavy atom. The fourth-order valence-electron chi connectivity index (χ4n) is 3.48. The predicted octanol–water partition coefficient (Wildman–Crippen LogP) is 5.36. The molecule has 0 unspecified atom stereocenters. The molecule has 0 aliphatic carbocycles. The molecule has 1 saturated heterocycles. The molecule has 0 radical (unpaired) electrons. The molecule has 1 N–H and O–H groups in total. The van der Waals surface area contributed by atoms with Crippen molar-refractivity contribution in [1.82, 2.24) is 25.6 Å². The van der Waals surface area contributed by atoms with Gasteiger partial charge in [0.05, 0.1) is 6.04 Å². The second kappa shape index (κ2) is 9.43. The summed E-state index contributed by atoms with van der Waals surface area (Å²) < 4.78 is 84.9. The van der Waals surface area contributed by atoms with E-state index < -0.39 is 24.1 Å². The SMILES string of the molecule is Cl.FC(F)(F)c1nc(-c2ccc(N(c3ccc(-c4noc(C(F)(F)F)n4)cc3)C3CNC3)cc2)no1. The van der Waals surface area contributed by atoms with Crippen LogP contribution in [0.1, 0.15) is 11.8 Å². The first kappa shape index (κ1) is 25.4. The zero-order valence-corrected chi connectivity index (χ0v) is 18.7. The molecular formula is C21H15ClF6N6O2. The molecule has 1 aliphatic heterocycles. The third-order valence-corrected chi connectivity index (χ3v) is 5.27. The first-order valence-electron chi connectivity index (χ1n) is 10.1. The van der Waals surface area contributed by atoms with Crippen LogP contribution in [0.25, 0.3) is 22.8 Å². The fraction of sp³-hybridized carbons (Fsp3) is 0.238. The monoisotopic (exact) mass is 532 g/mol. The Balaban J connectivity index is 0.00000304. The Morgan fingerprint density at radius 1 is 0.694 bits per heavy atom. The molecule has 0 bridgehead atoms. The number of anilines is 2. The van der Waals surface area contributed by atoms with Crippen LogP contribution in [0.2, 0.25) is 0 Å². The zero-order chi connectivity index (χ0) is 24.8. The van der Waals surface area contributed by atoms with Crippen molar-refractivity contribution < 1.29 is 35.4 Å². The molecule has 5 rings (SSSR count). The number of alkyl halides is 6. The third kappa shape index (κ3) is 4.99. The van der Waals surface area contributed by atoms with Crippen LogP contribution in [0.5, 0.6) is 0 Å². The van der Waals surface area contributed by atoms with Crippen LogP contribution in [0.3, 0.4) is 0 Å². The van der Waals surface area contributed by atoms with E-state index in [1.807, 2.05) is 4.90 Å². The van der Waals surface area contributed by atoms with Gasteiger partial charge in [0.25, 0.3) is 0 Å². The Labute approximate surface area is 204 Å². The van der Waals surface area contributed by atoms with Crippen molar-refractivity contribution in [2.75, 3.05) is 18.0 Å². The van der Waals surface area contributed by atoms with Crippen molar-refractivity contribution >= 4 is 23.8 Å². The molecule has 15 heteroatoms. The van der Waals surface area contributed by atoms with Gasteiger partial charge in [-0.3, -0.25) is 0 Å². The lowest BCUT2D eigenvalue weighted by Crippen LogP contribution is -2.55. The number of rotatable bonds is 5. The number of hydrogen-bond donors (Lipinski definition) is 1. The van der Waals surface area contributed by atoms with Gasteiger partial charge in [-0.25, -0.2) is 0 Å². The van der Waals surface area contributed by atoms with Crippen molar-refractivity contribution in [1.29, 1.82) is 0 Å². The second-order valence-corrected chi connectivity index (χ2v) is 7.62. The summed E-state index contributed by atoms with van der Waals surface area (Å²) in [6.07, 6.45) is -9.47. The van der Waals surface area contributed by atoms with Crippen molar-refractivity contribution in [3.63, 3.8) is 0 Å². The van der Waals surface area contributed by atoms with E-state index >= 15 is 0 Å². The lowest BCUT2D eigenvalue weighted by molar-refractivity contribution is -0.160. The largest absolute Gasteiger partial charge is 0.471 e. The Morgan fingerprint density at radius 2 is 1.08 bits per heavy atom. The van der Waals surface area contributed by atoms with Gasteiger partial charge in [-0.15, -0.1) is 12.4 Å². The lowest BCUT2D eigenvalue weighted by atomic mass is 10.1. The molecule has 0 spiro atoms. The molecule has 1 fully saturated rings. The van der Waals surface area contributed by atoms with Gasteiger partial charge < -0.3 is 19.3 Å². The molecule has 8 nitrogen and oxygen atoms in total. The van der Waals surface area contributed by atoms with E-state index in [0.717, 1.165) is 11.4 Å². The lowest BCUT2D eigenvalue weighted by Gasteiger charge is -2.40. The molecule has 2 aromatic heterocycles. The molecule has 0 atom stereocenters. The molecule has 4 aromatic rings. The summed E-state index contributed by atoms with van der Waals surface area (Å²) in [6, 6.07) is 13.2. The minimum atomic E-state index is -4.73. The highest BCUT2D eigenvalue weighted by molar-refractivity contribution is 5.85. The summed E-state index contributed by atoms with van der Waals surface area (Å²) in [5, 5.41) is 9.94. The number of nitrogens with zero attached hydrogens (tertiary/aromatic N) is 5. The summed E-state index contributed by atoms with van der Waals surface area (Å²) in [5.41, 5.74) is 2.16. The summed E-state index contributed by atoms with van der Waals surface area (Å²) in [6.45, 7) is 1.37. The van der Waals surface area contributed by atoms with Crippen LogP contribution >= 0.6 is 12.4 Å². The molecule has 0 amide bonds. The minimum Gasteiger partial charge on any atom is -0.336 e. The second-order valence-electron chi connectivity index (χ2n) is 7.62. The number of benzene rings is 2. The standard InChI is InChI=1S/C21H14F6N6O2.ClH/c22-20(23,24)18-29-16(31-34-18)11-1-5-13(6-2-11)33(15-9-28-10-15)14-7-3-12(4-8-14)17-30-19(35-32-17)21(25,26)27;/h1-8,15,28H,9-10H2;1H. The van der Waals surface area contributed by atoms with Crippen LogP contribution in [-0.2, 0) is 12.4 Å². The smallest absolute Gasteiger partial charge is 0.336 e. The molecule has 3 heterocycles. The maximum Gasteiger partial charge on any atom is 0.471 e. The quantitative estimate of drug-likeness (QED) is 0.344. The highest BCUT2D eigenvalue weighted by Gasteiger charge is 2.39. The summed E-state index contributed by atoms with van der Waals surface area (Å²) in [5.74, 6) is -3.24. The molecule has 0 saturated carbocycles. The van der Waals surface area contributed by atoms with Crippen LogP contribution in [0, 0.1) is 0 Å². The normalized spacial score (nSPS) is 14.3. The topological polar surface area (TPSA) is 93.1 Å². The van der Waals surface area contributed by atoms with E-state index in [4.69, 9.17) is 0 Å². The molecule has 36 heavy (non-hydrogen) atoms. The van der Waals surface area contributed by atoms with Crippen molar-refractivity contribution in [3.8, 4) is 22.8 Å². The summed E-state index contributed by atoms with van der Waals surface area (Å²) in [7, 11) is 0. The highest BCUT2D eigenvalue weighted by atomic mass is 35.5. The number of nitrogens with one attached hydrogen (secondary N) is 1. The Kier molecular flexibility index (Phi) is 6.66. The van der Waals surface area contributed by atoms with Gasteiger partial charge in [-0.1, -0.05) is 10.3 Å². The average molecular weight is 533 g/mol. The van der Waals surface area contributed by atoms with Gasteiger partial charge in [0.2, 0.25) is 11.6 Å².